The fourth-order valence-electron chi connectivity index (χ4n) is 3.36. The molecule has 1 atom stereocenters. The van der Waals surface area contributed by atoms with Crippen LogP contribution >= 0.6 is 0 Å². The molecule has 1 aromatic carbocycles. The summed E-state index contributed by atoms with van der Waals surface area (Å²) in [6.45, 7) is 5.87. The predicted molar refractivity (Wildman–Crippen MR) is 94.7 cm³/mol. The highest BCUT2D eigenvalue weighted by Gasteiger charge is 2.31. The number of nitrogens with zero attached hydrogens (tertiary/aromatic N) is 2. The summed E-state index contributed by atoms with van der Waals surface area (Å²) in [6.07, 6.45) is 5.47. The Morgan fingerprint density at radius 3 is 2.50 bits per heavy atom. The summed E-state index contributed by atoms with van der Waals surface area (Å²) in [5.74, 6) is -1.14. The third kappa shape index (κ3) is 2.71. The average molecular weight is 320 g/mol. The smallest absolute Gasteiger partial charge is 0.334 e. The first-order valence-corrected chi connectivity index (χ1v) is 7.89. The van der Waals surface area contributed by atoms with Crippen molar-refractivity contribution in [3.8, 4) is 0 Å². The summed E-state index contributed by atoms with van der Waals surface area (Å²) in [4.78, 5) is 18.1. The second-order valence-corrected chi connectivity index (χ2v) is 5.99. The highest BCUT2D eigenvalue weighted by Crippen LogP contribution is 2.39. The van der Waals surface area contributed by atoms with Crippen LogP contribution in [0.25, 0.3) is 0 Å². The number of anilines is 1. The van der Waals surface area contributed by atoms with E-state index in [1.54, 1.807) is 12.4 Å². The van der Waals surface area contributed by atoms with Gasteiger partial charge in [-0.1, -0.05) is 30.3 Å². The summed E-state index contributed by atoms with van der Waals surface area (Å²) in [5.41, 5.74) is 5.11. The first-order valence-electron chi connectivity index (χ1n) is 7.89. The lowest BCUT2D eigenvalue weighted by atomic mass is 9.84. The van der Waals surface area contributed by atoms with E-state index in [0.717, 1.165) is 28.2 Å². The molecule has 2 aromatic rings. The maximum Gasteiger partial charge on any atom is 0.334 e. The molecule has 1 aromatic heterocycles. The molecular weight excluding hydrogens is 300 g/mol. The van der Waals surface area contributed by atoms with E-state index in [0.29, 0.717) is 5.57 Å². The Bertz CT molecular complexity index is 838. The van der Waals surface area contributed by atoms with Crippen LogP contribution in [0.3, 0.4) is 0 Å². The van der Waals surface area contributed by atoms with Crippen molar-refractivity contribution in [3.05, 3.63) is 83.0 Å². The number of carboxylic acid groups (broad SMARTS) is 1. The van der Waals surface area contributed by atoms with E-state index in [-0.39, 0.29) is 5.92 Å². The number of aryl methyl sites for hydroxylation is 1. The van der Waals surface area contributed by atoms with Crippen molar-refractivity contribution in [2.75, 3.05) is 4.90 Å². The van der Waals surface area contributed by atoms with Crippen LogP contribution < -0.4 is 4.90 Å². The lowest BCUT2D eigenvalue weighted by Gasteiger charge is -2.34. The minimum absolute atomic E-state index is 0.253. The molecule has 1 aliphatic rings. The van der Waals surface area contributed by atoms with Crippen LogP contribution in [0.2, 0.25) is 0 Å². The molecule has 3 rings (SSSR count). The molecule has 0 saturated heterocycles. The number of carbonyl (C=O) groups is 1. The Morgan fingerprint density at radius 2 is 1.88 bits per heavy atom. The molecule has 122 valence electrons. The van der Waals surface area contributed by atoms with Gasteiger partial charge in [0.2, 0.25) is 0 Å². The van der Waals surface area contributed by atoms with Crippen molar-refractivity contribution >= 4 is 11.7 Å². The van der Waals surface area contributed by atoms with E-state index < -0.39 is 5.97 Å². The number of hydrogen-bond donors (Lipinski definition) is 1. The summed E-state index contributed by atoms with van der Waals surface area (Å²) in [5, 5.41) is 9.85. The molecular formula is C20H20N2O2. The van der Waals surface area contributed by atoms with Crippen LogP contribution in [0.1, 0.15) is 30.9 Å². The Labute approximate surface area is 141 Å². The molecule has 0 fully saturated rings. The van der Waals surface area contributed by atoms with Crippen LogP contribution in [-0.4, -0.2) is 16.1 Å². The van der Waals surface area contributed by atoms with Crippen LogP contribution in [0.4, 0.5) is 5.69 Å². The monoisotopic (exact) mass is 320 g/mol. The van der Waals surface area contributed by atoms with Gasteiger partial charge in [0.05, 0.1) is 17.5 Å². The average Bonchev–Trinajstić information content (AvgIpc) is 2.55. The zero-order chi connectivity index (χ0) is 17.3. The number of pyridine rings is 1. The number of allylic oxidation sites excluding steroid dienone is 3. The van der Waals surface area contributed by atoms with Crippen molar-refractivity contribution in [2.45, 2.75) is 26.7 Å². The Balaban J connectivity index is 2.16. The van der Waals surface area contributed by atoms with Gasteiger partial charge >= 0.3 is 5.97 Å². The molecule has 0 amide bonds. The van der Waals surface area contributed by atoms with Crippen molar-refractivity contribution in [2.24, 2.45) is 0 Å². The second-order valence-electron chi connectivity index (χ2n) is 5.99. The van der Waals surface area contributed by atoms with Gasteiger partial charge in [-0.15, -0.1) is 0 Å². The number of carboxylic acids is 1. The van der Waals surface area contributed by atoms with Gasteiger partial charge in [0.25, 0.3) is 0 Å². The van der Waals surface area contributed by atoms with Gasteiger partial charge in [0.1, 0.15) is 0 Å². The second kappa shape index (κ2) is 6.32. The molecule has 1 unspecified atom stereocenters. The van der Waals surface area contributed by atoms with Crippen molar-refractivity contribution in [1.82, 2.24) is 4.98 Å². The zero-order valence-electron chi connectivity index (χ0n) is 14.0. The first-order chi connectivity index (χ1) is 11.5. The topological polar surface area (TPSA) is 53.4 Å². The quantitative estimate of drug-likeness (QED) is 0.918. The fraction of sp³-hybridized carbons (Fsp3) is 0.200. The molecule has 0 spiro atoms. The number of benzene rings is 1. The maximum atomic E-state index is 12.0. The van der Waals surface area contributed by atoms with Crippen molar-refractivity contribution in [3.63, 3.8) is 0 Å². The molecule has 1 aliphatic heterocycles. The van der Waals surface area contributed by atoms with Gasteiger partial charge in [-0.2, -0.15) is 0 Å². The SMILES string of the molecule is CC1=CC(c2ccccc2C)C(C(=O)O)=C(C)N1c1cccnc1. The molecule has 4 nitrogen and oxygen atoms in total. The Morgan fingerprint density at radius 1 is 1.12 bits per heavy atom. The Kier molecular flexibility index (Phi) is 4.21. The van der Waals surface area contributed by atoms with E-state index in [2.05, 4.69) is 4.98 Å². The van der Waals surface area contributed by atoms with Crippen LogP contribution in [0.5, 0.6) is 0 Å². The lowest BCUT2D eigenvalue weighted by molar-refractivity contribution is -0.132. The Hall–Kier alpha value is -2.88. The number of hydrogen-bond acceptors (Lipinski definition) is 3. The molecule has 4 heteroatoms. The molecule has 1 N–H and O–H groups in total. The maximum absolute atomic E-state index is 12.0. The molecule has 24 heavy (non-hydrogen) atoms. The van der Waals surface area contributed by atoms with Crippen molar-refractivity contribution in [1.29, 1.82) is 0 Å². The van der Waals surface area contributed by atoms with Gasteiger partial charge < -0.3 is 10.0 Å². The van der Waals surface area contributed by atoms with E-state index in [1.807, 2.05) is 68.1 Å². The standard InChI is InChI=1S/C20H20N2O2/c1-13-7-4-5-9-17(13)18-11-14(2)22(15(3)19(18)20(23)24)16-8-6-10-21-12-16/h4-12,18H,1-3H3,(H,23,24). The normalized spacial score (nSPS) is 17.7. The minimum Gasteiger partial charge on any atom is -0.478 e. The minimum atomic E-state index is -0.890. The molecule has 0 radical (unpaired) electrons. The number of aliphatic carboxylic acids is 1. The first kappa shape index (κ1) is 16.0. The number of rotatable bonds is 3. The summed E-state index contributed by atoms with van der Waals surface area (Å²) >= 11 is 0. The largest absolute Gasteiger partial charge is 0.478 e. The highest BCUT2D eigenvalue weighted by atomic mass is 16.4. The van der Waals surface area contributed by atoms with E-state index in [1.165, 1.54) is 0 Å². The van der Waals surface area contributed by atoms with E-state index in [9.17, 15) is 9.90 Å². The lowest BCUT2D eigenvalue weighted by Crippen LogP contribution is -2.29. The fourth-order valence-corrected chi connectivity index (χ4v) is 3.36. The molecule has 2 heterocycles. The molecule has 0 aliphatic carbocycles. The van der Waals surface area contributed by atoms with Gasteiger partial charge in [-0.3, -0.25) is 4.98 Å². The third-order valence-corrected chi connectivity index (χ3v) is 4.45. The highest BCUT2D eigenvalue weighted by molar-refractivity contribution is 5.92. The molecule has 0 bridgehead atoms. The van der Waals surface area contributed by atoms with Gasteiger partial charge in [-0.05, 0) is 44.0 Å². The zero-order valence-corrected chi connectivity index (χ0v) is 14.0. The van der Waals surface area contributed by atoms with Crippen LogP contribution in [-0.2, 0) is 4.79 Å². The molecule has 0 saturated carbocycles. The third-order valence-electron chi connectivity index (χ3n) is 4.45. The van der Waals surface area contributed by atoms with Crippen LogP contribution in [0.15, 0.2) is 71.8 Å². The van der Waals surface area contributed by atoms with Gasteiger partial charge in [0.15, 0.2) is 0 Å². The summed E-state index contributed by atoms with van der Waals surface area (Å²) < 4.78 is 0. The van der Waals surface area contributed by atoms with E-state index in [4.69, 9.17) is 0 Å². The number of aromatic nitrogens is 1. The van der Waals surface area contributed by atoms with Crippen molar-refractivity contribution < 1.29 is 9.90 Å². The predicted octanol–water partition coefficient (Wildman–Crippen LogP) is 4.26. The van der Waals surface area contributed by atoms with Gasteiger partial charge in [-0.25, -0.2) is 4.79 Å². The summed E-state index contributed by atoms with van der Waals surface area (Å²) in [6, 6.07) is 11.7. The summed E-state index contributed by atoms with van der Waals surface area (Å²) in [7, 11) is 0. The van der Waals surface area contributed by atoms with E-state index >= 15 is 0 Å². The van der Waals surface area contributed by atoms with Gasteiger partial charge in [0, 0.05) is 23.5 Å². The van der Waals surface area contributed by atoms with Crippen LogP contribution in [0, 0.1) is 6.92 Å².